The van der Waals surface area contributed by atoms with Gasteiger partial charge < -0.3 is 14.4 Å². The number of hydrogen-bond donors (Lipinski definition) is 0. The first kappa shape index (κ1) is 15.4. The minimum Gasteiger partial charge on any atom is -0.497 e. The first-order chi connectivity index (χ1) is 10.1. The van der Waals surface area contributed by atoms with Crippen LogP contribution in [0.2, 0.25) is 0 Å². The molecule has 1 aliphatic heterocycles. The van der Waals surface area contributed by atoms with Crippen LogP contribution in [-0.4, -0.2) is 37.6 Å². The van der Waals surface area contributed by atoms with Gasteiger partial charge in [-0.2, -0.15) is 0 Å². The quantitative estimate of drug-likeness (QED) is 0.799. The first-order valence-electron chi connectivity index (χ1n) is 7.36. The second-order valence-corrected chi connectivity index (χ2v) is 5.36. The number of nitrogens with zero attached hydrogens (tertiary/aromatic N) is 1. The highest BCUT2D eigenvalue weighted by atomic mass is 16.5. The summed E-state index contributed by atoms with van der Waals surface area (Å²) in [5.41, 5.74) is 0.893. The van der Waals surface area contributed by atoms with Crippen LogP contribution in [0.4, 0.5) is 0 Å². The largest absolute Gasteiger partial charge is 0.497 e. The second kappa shape index (κ2) is 7.16. The van der Waals surface area contributed by atoms with Crippen LogP contribution in [0.5, 0.6) is 11.5 Å². The van der Waals surface area contributed by atoms with E-state index in [0.29, 0.717) is 17.5 Å². The molecule has 1 aromatic carbocycles. The molecule has 0 saturated carbocycles. The van der Waals surface area contributed by atoms with Crippen molar-refractivity contribution in [3.05, 3.63) is 29.8 Å². The number of amides is 1. The minimum absolute atomic E-state index is 0.0731. The highest BCUT2D eigenvalue weighted by Gasteiger charge is 2.21. The fourth-order valence-corrected chi connectivity index (χ4v) is 2.61. The number of likely N-dealkylation sites (tertiary alicyclic amines) is 1. The molecule has 0 spiro atoms. The molecule has 0 aliphatic carbocycles. The van der Waals surface area contributed by atoms with Gasteiger partial charge in [0.2, 0.25) is 5.91 Å². The zero-order valence-electron chi connectivity index (χ0n) is 13.0. The Balaban J connectivity index is 2.11. The van der Waals surface area contributed by atoms with E-state index in [0.717, 1.165) is 24.9 Å². The topological polar surface area (TPSA) is 38.8 Å². The van der Waals surface area contributed by atoms with Gasteiger partial charge in [0, 0.05) is 24.7 Å². The highest BCUT2D eigenvalue weighted by Crippen LogP contribution is 2.23. The maximum absolute atomic E-state index is 12.3. The summed E-state index contributed by atoms with van der Waals surface area (Å²) in [6.07, 6.45) is 6.84. The van der Waals surface area contributed by atoms with Gasteiger partial charge in [0.1, 0.15) is 11.5 Å². The standard InChI is InChI=1S/C17H23NO3/c1-13-6-4-5-9-18(13)17(19)8-7-14-10-15(20-2)12-16(11-14)21-3/h7-8,10-13H,4-6,9H2,1-3H3/b8-7+. The molecular weight excluding hydrogens is 266 g/mol. The molecule has 1 heterocycles. The fourth-order valence-electron chi connectivity index (χ4n) is 2.61. The summed E-state index contributed by atoms with van der Waals surface area (Å²) in [7, 11) is 3.23. The summed E-state index contributed by atoms with van der Waals surface area (Å²) >= 11 is 0. The Labute approximate surface area is 126 Å². The molecule has 1 fully saturated rings. The van der Waals surface area contributed by atoms with Crippen LogP contribution in [0.3, 0.4) is 0 Å². The third-order valence-corrected chi connectivity index (χ3v) is 3.88. The van der Waals surface area contributed by atoms with Crippen molar-refractivity contribution in [3.8, 4) is 11.5 Å². The Hall–Kier alpha value is -1.97. The molecule has 1 aliphatic rings. The monoisotopic (exact) mass is 289 g/mol. The van der Waals surface area contributed by atoms with Crippen LogP contribution < -0.4 is 9.47 Å². The van der Waals surface area contributed by atoms with Gasteiger partial charge in [-0.15, -0.1) is 0 Å². The lowest BCUT2D eigenvalue weighted by Gasteiger charge is -2.32. The number of methoxy groups -OCH3 is 2. The zero-order chi connectivity index (χ0) is 15.2. The van der Waals surface area contributed by atoms with Gasteiger partial charge in [-0.05, 0) is 50.0 Å². The lowest BCUT2D eigenvalue weighted by atomic mass is 10.0. The Morgan fingerprint density at radius 3 is 2.43 bits per heavy atom. The van der Waals surface area contributed by atoms with E-state index in [-0.39, 0.29) is 5.91 Å². The van der Waals surface area contributed by atoms with Gasteiger partial charge in [0.25, 0.3) is 0 Å². The van der Waals surface area contributed by atoms with Crippen LogP contribution in [0.25, 0.3) is 6.08 Å². The Morgan fingerprint density at radius 2 is 1.86 bits per heavy atom. The average Bonchev–Trinajstić information content (AvgIpc) is 2.52. The maximum atomic E-state index is 12.3. The summed E-state index contributed by atoms with van der Waals surface area (Å²) in [5, 5.41) is 0. The summed E-state index contributed by atoms with van der Waals surface area (Å²) in [4.78, 5) is 14.2. The highest BCUT2D eigenvalue weighted by molar-refractivity contribution is 5.92. The summed E-state index contributed by atoms with van der Waals surface area (Å²) in [6.45, 7) is 2.96. The van der Waals surface area contributed by atoms with Crippen molar-refractivity contribution in [1.29, 1.82) is 0 Å². The van der Waals surface area contributed by atoms with Crippen molar-refractivity contribution in [1.82, 2.24) is 4.90 Å². The van der Waals surface area contributed by atoms with E-state index in [2.05, 4.69) is 6.92 Å². The number of carbonyl (C=O) groups is 1. The van der Waals surface area contributed by atoms with Crippen molar-refractivity contribution in [3.63, 3.8) is 0 Å². The molecule has 0 N–H and O–H groups in total. The van der Waals surface area contributed by atoms with Gasteiger partial charge in [-0.25, -0.2) is 0 Å². The van der Waals surface area contributed by atoms with Gasteiger partial charge in [0.15, 0.2) is 0 Å². The number of benzene rings is 1. The van der Waals surface area contributed by atoms with Crippen molar-refractivity contribution in [2.24, 2.45) is 0 Å². The van der Waals surface area contributed by atoms with Crippen LogP contribution in [0.1, 0.15) is 31.7 Å². The van der Waals surface area contributed by atoms with Crippen molar-refractivity contribution in [2.45, 2.75) is 32.2 Å². The van der Waals surface area contributed by atoms with Crippen LogP contribution in [0.15, 0.2) is 24.3 Å². The fraction of sp³-hybridized carbons (Fsp3) is 0.471. The molecule has 21 heavy (non-hydrogen) atoms. The smallest absolute Gasteiger partial charge is 0.246 e. The van der Waals surface area contributed by atoms with E-state index in [9.17, 15) is 4.79 Å². The molecule has 1 amide bonds. The predicted octanol–water partition coefficient (Wildman–Crippen LogP) is 3.12. The van der Waals surface area contributed by atoms with Crippen LogP contribution in [-0.2, 0) is 4.79 Å². The first-order valence-corrected chi connectivity index (χ1v) is 7.36. The third-order valence-electron chi connectivity index (χ3n) is 3.88. The van der Waals surface area contributed by atoms with Gasteiger partial charge in [-0.3, -0.25) is 4.79 Å². The van der Waals surface area contributed by atoms with E-state index in [4.69, 9.17) is 9.47 Å². The van der Waals surface area contributed by atoms with E-state index in [1.165, 1.54) is 6.42 Å². The Morgan fingerprint density at radius 1 is 1.19 bits per heavy atom. The predicted molar refractivity (Wildman–Crippen MR) is 83.6 cm³/mol. The average molecular weight is 289 g/mol. The number of carbonyl (C=O) groups excluding carboxylic acids is 1. The Kier molecular flexibility index (Phi) is 5.26. The number of piperidine rings is 1. The van der Waals surface area contributed by atoms with Gasteiger partial charge in [-0.1, -0.05) is 0 Å². The number of rotatable bonds is 4. The van der Waals surface area contributed by atoms with Crippen molar-refractivity contribution >= 4 is 12.0 Å². The number of hydrogen-bond acceptors (Lipinski definition) is 3. The second-order valence-electron chi connectivity index (χ2n) is 5.36. The van der Waals surface area contributed by atoms with E-state index >= 15 is 0 Å². The SMILES string of the molecule is COc1cc(/C=C/C(=O)N2CCCCC2C)cc(OC)c1. The van der Waals surface area contributed by atoms with Crippen molar-refractivity contribution in [2.75, 3.05) is 20.8 Å². The van der Waals surface area contributed by atoms with Crippen LogP contribution in [0, 0.1) is 0 Å². The molecule has 1 unspecified atom stereocenters. The normalized spacial score (nSPS) is 18.8. The number of ether oxygens (including phenoxy) is 2. The summed E-state index contributed by atoms with van der Waals surface area (Å²) in [6, 6.07) is 5.90. The summed E-state index contributed by atoms with van der Waals surface area (Å²) in [5.74, 6) is 1.50. The van der Waals surface area contributed by atoms with Gasteiger partial charge >= 0.3 is 0 Å². The van der Waals surface area contributed by atoms with Crippen LogP contribution >= 0.6 is 0 Å². The molecule has 1 saturated heterocycles. The molecule has 2 rings (SSSR count). The van der Waals surface area contributed by atoms with E-state index < -0.39 is 0 Å². The molecule has 4 heteroatoms. The lowest BCUT2D eigenvalue weighted by molar-refractivity contribution is -0.129. The van der Waals surface area contributed by atoms with E-state index in [1.807, 2.05) is 29.2 Å². The van der Waals surface area contributed by atoms with Crippen molar-refractivity contribution < 1.29 is 14.3 Å². The molecule has 1 aromatic rings. The summed E-state index contributed by atoms with van der Waals surface area (Å²) < 4.78 is 10.5. The molecule has 0 bridgehead atoms. The molecule has 4 nitrogen and oxygen atoms in total. The lowest BCUT2D eigenvalue weighted by Crippen LogP contribution is -2.41. The molecule has 114 valence electrons. The molecule has 0 radical (unpaired) electrons. The maximum Gasteiger partial charge on any atom is 0.246 e. The molecule has 0 aromatic heterocycles. The molecular formula is C17H23NO3. The van der Waals surface area contributed by atoms with Gasteiger partial charge in [0.05, 0.1) is 14.2 Å². The zero-order valence-corrected chi connectivity index (χ0v) is 13.0. The van der Waals surface area contributed by atoms with E-state index in [1.54, 1.807) is 20.3 Å². The Bertz CT molecular complexity index is 503. The molecule has 1 atom stereocenters. The minimum atomic E-state index is 0.0731. The third kappa shape index (κ3) is 4.00.